The SMILES string of the molecule is CCCCCCCC(=O)N[C@@]12C(=O)c3c(N)cccc3[C@]1(O)Oc1cc(C(C)C)ccc12. The molecule has 0 radical (unpaired) electrons. The Balaban J connectivity index is 1.75. The smallest absolute Gasteiger partial charge is 0.271 e. The van der Waals surface area contributed by atoms with E-state index in [-0.39, 0.29) is 35.1 Å². The van der Waals surface area contributed by atoms with Crippen LogP contribution in [0.1, 0.15) is 92.3 Å². The minimum Gasteiger partial charge on any atom is -0.454 e. The molecule has 0 saturated heterocycles. The normalized spacial score (nSPS) is 23.0. The van der Waals surface area contributed by atoms with Crippen LogP contribution in [0.25, 0.3) is 0 Å². The first-order valence-electron chi connectivity index (χ1n) is 11.6. The molecule has 0 fully saturated rings. The number of aliphatic hydroxyl groups is 1. The lowest BCUT2D eigenvalue weighted by Crippen LogP contribution is -2.60. The van der Waals surface area contributed by atoms with Crippen molar-refractivity contribution in [3.63, 3.8) is 0 Å². The van der Waals surface area contributed by atoms with Gasteiger partial charge in [-0.15, -0.1) is 0 Å². The Morgan fingerprint density at radius 3 is 2.59 bits per heavy atom. The number of benzene rings is 2. The Morgan fingerprint density at radius 1 is 1.12 bits per heavy atom. The number of nitrogens with one attached hydrogen (secondary N) is 1. The predicted molar refractivity (Wildman–Crippen MR) is 123 cm³/mol. The molecule has 2 aromatic rings. The van der Waals surface area contributed by atoms with E-state index in [0.717, 1.165) is 37.7 Å². The Morgan fingerprint density at radius 2 is 1.88 bits per heavy atom. The number of Topliss-reactive ketones (excluding diaryl/α,β-unsaturated/α-hetero) is 1. The van der Waals surface area contributed by atoms with Crippen LogP contribution < -0.4 is 15.8 Å². The number of fused-ring (bicyclic) bond motifs is 5. The van der Waals surface area contributed by atoms with Crippen molar-refractivity contribution in [1.82, 2.24) is 5.32 Å². The van der Waals surface area contributed by atoms with Crippen LogP contribution in [0.3, 0.4) is 0 Å². The van der Waals surface area contributed by atoms with Gasteiger partial charge in [-0.05, 0) is 30.0 Å². The van der Waals surface area contributed by atoms with Crippen LogP contribution in [0, 0.1) is 0 Å². The number of ether oxygens (including phenoxy) is 1. The molecular weight excluding hydrogens is 404 g/mol. The van der Waals surface area contributed by atoms with Crippen molar-refractivity contribution in [2.75, 3.05) is 5.73 Å². The molecule has 1 amide bonds. The Labute approximate surface area is 189 Å². The first kappa shape index (κ1) is 22.3. The van der Waals surface area contributed by atoms with Crippen molar-refractivity contribution in [3.8, 4) is 5.75 Å². The molecule has 1 heterocycles. The maximum Gasteiger partial charge on any atom is 0.271 e. The van der Waals surface area contributed by atoms with E-state index in [9.17, 15) is 14.7 Å². The van der Waals surface area contributed by atoms with E-state index in [1.54, 1.807) is 24.3 Å². The molecule has 2 atom stereocenters. The molecule has 170 valence electrons. The van der Waals surface area contributed by atoms with Gasteiger partial charge < -0.3 is 20.9 Å². The van der Waals surface area contributed by atoms with E-state index in [1.165, 1.54) is 0 Å². The average molecular weight is 437 g/mol. The lowest BCUT2D eigenvalue weighted by molar-refractivity contribution is -0.175. The number of hydrogen-bond acceptors (Lipinski definition) is 5. The van der Waals surface area contributed by atoms with Gasteiger partial charge in [0.1, 0.15) is 5.75 Å². The summed E-state index contributed by atoms with van der Waals surface area (Å²) in [4.78, 5) is 26.8. The third-order valence-electron chi connectivity index (χ3n) is 6.71. The molecule has 1 aliphatic carbocycles. The van der Waals surface area contributed by atoms with Crippen LogP contribution in [0.15, 0.2) is 36.4 Å². The third-order valence-corrected chi connectivity index (χ3v) is 6.71. The lowest BCUT2D eigenvalue weighted by Gasteiger charge is -2.34. The summed E-state index contributed by atoms with van der Waals surface area (Å²) < 4.78 is 6.09. The average Bonchev–Trinajstić information content (AvgIpc) is 3.11. The molecule has 2 aliphatic rings. The van der Waals surface area contributed by atoms with Crippen LogP contribution in [0.5, 0.6) is 5.75 Å². The molecule has 2 aromatic carbocycles. The minimum atomic E-state index is -2.05. The molecule has 4 N–H and O–H groups in total. The van der Waals surface area contributed by atoms with E-state index in [0.29, 0.717) is 11.3 Å². The summed E-state index contributed by atoms with van der Waals surface area (Å²) in [5.74, 6) is -2.13. The largest absolute Gasteiger partial charge is 0.454 e. The zero-order valence-electron chi connectivity index (χ0n) is 19.0. The number of carbonyl (C=O) groups excluding carboxylic acids is 2. The molecule has 32 heavy (non-hydrogen) atoms. The highest BCUT2D eigenvalue weighted by molar-refractivity contribution is 6.15. The molecule has 0 saturated carbocycles. The van der Waals surface area contributed by atoms with E-state index in [2.05, 4.69) is 26.1 Å². The van der Waals surface area contributed by atoms with Gasteiger partial charge in [0.25, 0.3) is 5.79 Å². The Hall–Kier alpha value is -2.86. The van der Waals surface area contributed by atoms with Crippen LogP contribution in [0.4, 0.5) is 5.69 Å². The highest BCUT2D eigenvalue weighted by Crippen LogP contribution is 2.59. The fraction of sp³-hybridized carbons (Fsp3) is 0.462. The summed E-state index contributed by atoms with van der Waals surface area (Å²) in [6.07, 6.45) is 5.29. The van der Waals surface area contributed by atoms with Gasteiger partial charge in [0, 0.05) is 23.2 Å². The number of ketones is 1. The minimum absolute atomic E-state index is 0.205. The second kappa shape index (κ2) is 8.24. The van der Waals surface area contributed by atoms with Gasteiger partial charge in [-0.1, -0.05) is 70.7 Å². The number of amides is 1. The van der Waals surface area contributed by atoms with Crippen molar-refractivity contribution < 1.29 is 19.4 Å². The standard InChI is InChI=1S/C26H32N2O4/c1-4-5-6-7-8-12-22(29)28-25-18-14-13-17(16(2)3)15-21(18)32-26(25,31)19-10-9-11-20(27)23(19)24(25)30/h9-11,13-16,31H,4-8,12,27H2,1-3H3,(H,28,29)/t25-,26-/m0/s1. The monoisotopic (exact) mass is 436 g/mol. The zero-order chi connectivity index (χ0) is 23.1. The summed E-state index contributed by atoms with van der Waals surface area (Å²) in [6.45, 7) is 6.26. The van der Waals surface area contributed by atoms with Crippen LogP contribution in [0.2, 0.25) is 0 Å². The first-order chi connectivity index (χ1) is 15.3. The molecule has 4 rings (SSSR count). The molecule has 0 spiro atoms. The zero-order valence-corrected chi connectivity index (χ0v) is 19.0. The summed E-state index contributed by atoms with van der Waals surface area (Å²) in [5, 5.41) is 14.8. The summed E-state index contributed by atoms with van der Waals surface area (Å²) in [6, 6.07) is 10.5. The van der Waals surface area contributed by atoms with Crippen molar-refractivity contribution in [2.24, 2.45) is 0 Å². The second-order valence-electron chi connectivity index (χ2n) is 9.22. The van der Waals surface area contributed by atoms with E-state index in [4.69, 9.17) is 10.5 Å². The van der Waals surface area contributed by atoms with Crippen molar-refractivity contribution in [1.29, 1.82) is 0 Å². The van der Waals surface area contributed by atoms with Crippen molar-refractivity contribution >= 4 is 17.4 Å². The number of anilines is 1. The molecule has 1 aliphatic heterocycles. The van der Waals surface area contributed by atoms with Gasteiger partial charge in [0.15, 0.2) is 0 Å². The van der Waals surface area contributed by atoms with Gasteiger partial charge in [-0.2, -0.15) is 0 Å². The van der Waals surface area contributed by atoms with Crippen LogP contribution in [-0.2, 0) is 16.1 Å². The number of nitrogens with two attached hydrogens (primary N) is 1. The Bertz CT molecular complexity index is 1060. The fourth-order valence-electron chi connectivity index (χ4n) is 4.91. The molecular formula is C26H32N2O4. The number of carbonyl (C=O) groups is 2. The molecule has 6 heteroatoms. The number of nitrogen functional groups attached to an aromatic ring is 1. The molecule has 0 aromatic heterocycles. The van der Waals surface area contributed by atoms with E-state index < -0.39 is 17.1 Å². The van der Waals surface area contributed by atoms with Gasteiger partial charge in [0.05, 0.1) is 5.56 Å². The summed E-state index contributed by atoms with van der Waals surface area (Å²) in [5.41, 5.74) is 6.60. The van der Waals surface area contributed by atoms with Crippen LogP contribution >= 0.6 is 0 Å². The summed E-state index contributed by atoms with van der Waals surface area (Å²) in [7, 11) is 0. The fourth-order valence-corrected chi connectivity index (χ4v) is 4.91. The van der Waals surface area contributed by atoms with Crippen molar-refractivity contribution in [3.05, 3.63) is 58.7 Å². The first-order valence-corrected chi connectivity index (χ1v) is 11.6. The third kappa shape index (κ3) is 3.20. The van der Waals surface area contributed by atoms with Gasteiger partial charge in [-0.25, -0.2) is 0 Å². The van der Waals surface area contributed by atoms with Gasteiger partial charge in [-0.3, -0.25) is 9.59 Å². The predicted octanol–water partition coefficient (Wildman–Crippen LogP) is 4.50. The number of rotatable bonds is 8. The van der Waals surface area contributed by atoms with Gasteiger partial charge in [0.2, 0.25) is 17.2 Å². The quantitative estimate of drug-likeness (QED) is 0.418. The maximum atomic E-state index is 13.8. The van der Waals surface area contributed by atoms with Crippen LogP contribution in [-0.4, -0.2) is 16.8 Å². The lowest BCUT2D eigenvalue weighted by atomic mass is 9.82. The van der Waals surface area contributed by atoms with Gasteiger partial charge >= 0.3 is 0 Å². The topological polar surface area (TPSA) is 102 Å². The second-order valence-corrected chi connectivity index (χ2v) is 9.22. The van der Waals surface area contributed by atoms with Crippen molar-refractivity contribution in [2.45, 2.75) is 76.5 Å². The molecule has 6 nitrogen and oxygen atoms in total. The maximum absolute atomic E-state index is 13.8. The molecule has 0 bridgehead atoms. The Kier molecular flexibility index (Phi) is 5.76. The van der Waals surface area contributed by atoms with E-state index in [1.807, 2.05) is 12.1 Å². The molecule has 0 unspecified atom stereocenters. The number of unbranched alkanes of at least 4 members (excludes halogenated alkanes) is 4. The summed E-state index contributed by atoms with van der Waals surface area (Å²) >= 11 is 0. The number of hydrogen-bond donors (Lipinski definition) is 3. The van der Waals surface area contributed by atoms with E-state index >= 15 is 0 Å². The highest BCUT2D eigenvalue weighted by Gasteiger charge is 2.72. The highest BCUT2D eigenvalue weighted by atomic mass is 16.6.